The van der Waals surface area contributed by atoms with Crippen molar-refractivity contribution in [2.75, 3.05) is 5.75 Å². The molecule has 1 aliphatic carbocycles. The first-order chi connectivity index (χ1) is 5.86. The van der Waals surface area contributed by atoms with E-state index < -0.39 is 0 Å². The number of hydrogen-bond donors (Lipinski definition) is 1. The Morgan fingerprint density at radius 1 is 1.17 bits per heavy atom. The van der Waals surface area contributed by atoms with E-state index in [1.807, 2.05) is 0 Å². The average Bonchev–Trinajstić information content (AvgIpc) is 2.54. The van der Waals surface area contributed by atoms with Crippen LogP contribution in [0.3, 0.4) is 0 Å². The lowest BCUT2D eigenvalue weighted by Gasteiger charge is -2.27. The van der Waals surface area contributed by atoms with E-state index in [-0.39, 0.29) is 0 Å². The van der Waals surface area contributed by atoms with E-state index in [0.29, 0.717) is 5.37 Å². The zero-order valence-corrected chi connectivity index (χ0v) is 8.70. The van der Waals surface area contributed by atoms with Crippen molar-refractivity contribution in [1.82, 2.24) is 5.32 Å². The van der Waals surface area contributed by atoms with Gasteiger partial charge in [0.05, 0.1) is 5.37 Å². The van der Waals surface area contributed by atoms with Crippen LogP contribution in [0.25, 0.3) is 0 Å². The van der Waals surface area contributed by atoms with Gasteiger partial charge in [0.25, 0.3) is 0 Å². The van der Waals surface area contributed by atoms with Gasteiger partial charge >= 0.3 is 0 Å². The highest BCUT2D eigenvalue weighted by Gasteiger charge is 2.29. The third-order valence-corrected chi connectivity index (χ3v) is 4.38. The molecule has 1 heterocycles. The third kappa shape index (κ3) is 1.97. The summed E-state index contributed by atoms with van der Waals surface area (Å²) in [6, 6.07) is 0.838. The van der Waals surface area contributed by atoms with Crippen LogP contribution in [0, 0.1) is 5.92 Å². The zero-order valence-electron chi connectivity index (χ0n) is 7.88. The van der Waals surface area contributed by atoms with Crippen LogP contribution in [0.5, 0.6) is 0 Å². The first-order valence-corrected chi connectivity index (χ1v) is 6.29. The van der Waals surface area contributed by atoms with Crippen LogP contribution in [0.4, 0.5) is 0 Å². The Labute approximate surface area is 79.7 Å². The van der Waals surface area contributed by atoms with Gasteiger partial charge in [-0.1, -0.05) is 19.3 Å². The van der Waals surface area contributed by atoms with Gasteiger partial charge in [0.1, 0.15) is 0 Å². The molecule has 2 aliphatic rings. The maximum atomic E-state index is 3.69. The minimum Gasteiger partial charge on any atom is -0.302 e. The van der Waals surface area contributed by atoms with Crippen molar-refractivity contribution >= 4 is 11.8 Å². The van der Waals surface area contributed by atoms with E-state index in [1.54, 1.807) is 0 Å². The number of hydrogen-bond acceptors (Lipinski definition) is 2. The summed E-state index contributed by atoms with van der Waals surface area (Å²) in [5, 5.41) is 4.39. The normalized spacial score (nSPS) is 38.8. The van der Waals surface area contributed by atoms with Crippen molar-refractivity contribution in [2.24, 2.45) is 5.92 Å². The van der Waals surface area contributed by atoms with Gasteiger partial charge in [0.15, 0.2) is 0 Å². The molecule has 0 bridgehead atoms. The third-order valence-electron chi connectivity index (χ3n) is 3.19. The molecule has 1 saturated carbocycles. The number of thioether (sulfide) groups is 1. The molecular weight excluding hydrogens is 166 g/mol. The molecule has 1 N–H and O–H groups in total. The standard InChI is InChI=1S/C10H19NS/c1-8-11-10(7-12-8)9-5-3-2-4-6-9/h8-11H,2-7H2,1H3. The van der Waals surface area contributed by atoms with Crippen molar-refractivity contribution in [2.45, 2.75) is 50.4 Å². The van der Waals surface area contributed by atoms with Gasteiger partial charge < -0.3 is 5.32 Å². The second-order valence-electron chi connectivity index (χ2n) is 4.15. The van der Waals surface area contributed by atoms with Crippen molar-refractivity contribution in [3.8, 4) is 0 Å². The Kier molecular flexibility index (Phi) is 2.97. The smallest absolute Gasteiger partial charge is 0.0506 e. The monoisotopic (exact) mass is 185 g/mol. The summed E-state index contributed by atoms with van der Waals surface area (Å²) in [5.74, 6) is 2.35. The lowest BCUT2D eigenvalue weighted by atomic mass is 9.84. The molecule has 0 amide bonds. The molecule has 0 aromatic rings. The fraction of sp³-hybridized carbons (Fsp3) is 1.00. The van der Waals surface area contributed by atoms with Gasteiger partial charge in [-0.15, -0.1) is 11.8 Å². The Morgan fingerprint density at radius 3 is 2.50 bits per heavy atom. The molecule has 12 heavy (non-hydrogen) atoms. The van der Waals surface area contributed by atoms with E-state index in [2.05, 4.69) is 24.0 Å². The second kappa shape index (κ2) is 4.01. The molecule has 0 aromatic heterocycles. The molecule has 2 heteroatoms. The second-order valence-corrected chi connectivity index (χ2v) is 5.52. The van der Waals surface area contributed by atoms with Crippen LogP contribution in [0.2, 0.25) is 0 Å². The summed E-state index contributed by atoms with van der Waals surface area (Å²) in [4.78, 5) is 0. The minimum atomic E-state index is 0.705. The predicted molar refractivity (Wildman–Crippen MR) is 55.4 cm³/mol. The average molecular weight is 185 g/mol. The zero-order chi connectivity index (χ0) is 8.39. The molecular formula is C10H19NS. The van der Waals surface area contributed by atoms with Crippen LogP contribution in [0.1, 0.15) is 39.0 Å². The quantitative estimate of drug-likeness (QED) is 0.674. The van der Waals surface area contributed by atoms with Crippen molar-refractivity contribution in [3.05, 3.63) is 0 Å². The van der Waals surface area contributed by atoms with Gasteiger partial charge in [-0.2, -0.15) is 0 Å². The molecule has 1 nitrogen and oxygen atoms in total. The Morgan fingerprint density at radius 2 is 1.92 bits per heavy atom. The summed E-state index contributed by atoms with van der Waals surface area (Å²) in [6.07, 6.45) is 7.38. The van der Waals surface area contributed by atoms with Crippen molar-refractivity contribution < 1.29 is 0 Å². The fourth-order valence-corrected chi connectivity index (χ4v) is 3.59. The van der Waals surface area contributed by atoms with Gasteiger partial charge in [-0.25, -0.2) is 0 Å². The lowest BCUT2D eigenvalue weighted by molar-refractivity contribution is 0.291. The highest BCUT2D eigenvalue weighted by atomic mass is 32.2. The molecule has 0 spiro atoms. The minimum absolute atomic E-state index is 0.705. The molecule has 1 aliphatic heterocycles. The Hall–Kier alpha value is 0.310. The molecule has 70 valence electrons. The van der Waals surface area contributed by atoms with E-state index >= 15 is 0 Å². The highest BCUT2D eigenvalue weighted by molar-refractivity contribution is 8.00. The number of nitrogens with one attached hydrogen (secondary N) is 1. The van der Waals surface area contributed by atoms with Crippen molar-refractivity contribution in [1.29, 1.82) is 0 Å². The predicted octanol–water partition coefficient (Wildman–Crippen LogP) is 2.62. The van der Waals surface area contributed by atoms with Gasteiger partial charge in [-0.3, -0.25) is 0 Å². The van der Waals surface area contributed by atoms with Crippen LogP contribution in [-0.4, -0.2) is 17.2 Å². The summed E-state index contributed by atoms with van der Waals surface area (Å²) in [6.45, 7) is 2.29. The fourth-order valence-electron chi connectivity index (χ4n) is 2.45. The van der Waals surface area contributed by atoms with Crippen LogP contribution in [0.15, 0.2) is 0 Å². The maximum absolute atomic E-state index is 3.69. The molecule has 2 rings (SSSR count). The molecule has 2 atom stereocenters. The van der Waals surface area contributed by atoms with E-state index in [9.17, 15) is 0 Å². The highest BCUT2D eigenvalue weighted by Crippen LogP contribution is 2.31. The molecule has 0 radical (unpaired) electrons. The van der Waals surface area contributed by atoms with E-state index in [1.165, 1.54) is 37.9 Å². The van der Waals surface area contributed by atoms with Crippen LogP contribution >= 0.6 is 11.8 Å². The van der Waals surface area contributed by atoms with Crippen molar-refractivity contribution in [3.63, 3.8) is 0 Å². The number of rotatable bonds is 1. The lowest BCUT2D eigenvalue weighted by Crippen LogP contribution is -2.36. The first kappa shape index (κ1) is 8.89. The largest absolute Gasteiger partial charge is 0.302 e. The van der Waals surface area contributed by atoms with Gasteiger partial charge in [-0.05, 0) is 25.7 Å². The van der Waals surface area contributed by atoms with Crippen LogP contribution in [-0.2, 0) is 0 Å². The van der Waals surface area contributed by atoms with Crippen LogP contribution < -0.4 is 5.32 Å². The first-order valence-electron chi connectivity index (χ1n) is 5.24. The summed E-state index contributed by atoms with van der Waals surface area (Å²) in [7, 11) is 0. The molecule has 2 unspecified atom stereocenters. The van der Waals surface area contributed by atoms with Gasteiger partial charge in [0, 0.05) is 11.8 Å². The van der Waals surface area contributed by atoms with Gasteiger partial charge in [0.2, 0.25) is 0 Å². The SMILES string of the molecule is CC1NC(C2CCCCC2)CS1. The van der Waals surface area contributed by atoms with E-state index in [4.69, 9.17) is 0 Å². The Bertz CT molecular complexity index is 140. The summed E-state index contributed by atoms with van der Waals surface area (Å²) in [5.41, 5.74) is 0. The Balaban J connectivity index is 1.83. The maximum Gasteiger partial charge on any atom is 0.0506 e. The summed E-state index contributed by atoms with van der Waals surface area (Å²) < 4.78 is 0. The summed E-state index contributed by atoms with van der Waals surface area (Å²) >= 11 is 2.09. The topological polar surface area (TPSA) is 12.0 Å². The molecule has 2 fully saturated rings. The molecule has 0 aromatic carbocycles. The van der Waals surface area contributed by atoms with E-state index in [0.717, 1.165) is 12.0 Å². The molecule has 1 saturated heterocycles.